The Hall–Kier alpha value is -2.09. The summed E-state index contributed by atoms with van der Waals surface area (Å²) < 4.78 is 30.4. The first-order chi connectivity index (χ1) is 11.8. The summed E-state index contributed by atoms with van der Waals surface area (Å²) >= 11 is 11.7. The normalized spacial score (nSPS) is 15.1. The monoisotopic (exact) mass is 399 g/mol. The number of halogens is 2. The Balaban J connectivity index is 1.69. The average Bonchev–Trinajstić information content (AvgIpc) is 2.76. The van der Waals surface area contributed by atoms with Gasteiger partial charge >= 0.3 is 5.97 Å². The SMILES string of the molecule is O=C(OCCN1C(=O)c2ccccc2S1(=O)=O)c1ccc(Cl)cc1Cl. The van der Waals surface area contributed by atoms with Crippen molar-refractivity contribution in [3.05, 3.63) is 63.6 Å². The molecule has 2 aromatic rings. The molecule has 0 N–H and O–H groups in total. The summed E-state index contributed by atoms with van der Waals surface area (Å²) in [7, 11) is -3.92. The third kappa shape index (κ3) is 3.22. The van der Waals surface area contributed by atoms with E-state index in [1.807, 2.05) is 0 Å². The molecule has 0 spiro atoms. The molecular formula is C16H11Cl2NO5S. The van der Waals surface area contributed by atoms with Crippen molar-refractivity contribution in [2.45, 2.75) is 4.90 Å². The number of ether oxygens (including phenoxy) is 1. The van der Waals surface area contributed by atoms with Crippen LogP contribution >= 0.6 is 23.2 Å². The van der Waals surface area contributed by atoms with Crippen molar-refractivity contribution in [2.75, 3.05) is 13.2 Å². The molecule has 0 bridgehead atoms. The number of benzene rings is 2. The number of hydrogen-bond acceptors (Lipinski definition) is 5. The molecule has 1 amide bonds. The summed E-state index contributed by atoms with van der Waals surface area (Å²) in [6, 6.07) is 10.2. The lowest BCUT2D eigenvalue weighted by atomic mass is 10.2. The van der Waals surface area contributed by atoms with E-state index in [1.165, 1.54) is 36.4 Å². The number of fused-ring (bicyclic) bond motifs is 1. The quantitative estimate of drug-likeness (QED) is 0.738. The average molecular weight is 400 g/mol. The van der Waals surface area contributed by atoms with Crippen molar-refractivity contribution in [1.82, 2.24) is 4.31 Å². The number of nitrogens with zero attached hydrogens (tertiary/aromatic N) is 1. The Morgan fingerprint density at radius 3 is 2.52 bits per heavy atom. The molecule has 0 saturated carbocycles. The van der Waals surface area contributed by atoms with E-state index in [9.17, 15) is 18.0 Å². The first-order valence-corrected chi connectivity index (χ1v) is 9.30. The van der Waals surface area contributed by atoms with Crippen LogP contribution in [-0.4, -0.2) is 37.8 Å². The lowest BCUT2D eigenvalue weighted by molar-refractivity contribution is 0.0478. The van der Waals surface area contributed by atoms with Crippen molar-refractivity contribution in [2.24, 2.45) is 0 Å². The van der Waals surface area contributed by atoms with E-state index in [4.69, 9.17) is 27.9 Å². The first kappa shape index (κ1) is 17.7. The molecule has 0 radical (unpaired) electrons. The van der Waals surface area contributed by atoms with E-state index in [2.05, 4.69) is 0 Å². The van der Waals surface area contributed by atoms with Crippen molar-refractivity contribution >= 4 is 45.1 Å². The molecule has 0 aliphatic carbocycles. The van der Waals surface area contributed by atoms with Crippen LogP contribution in [0.5, 0.6) is 0 Å². The Bertz CT molecular complexity index is 974. The topological polar surface area (TPSA) is 80.8 Å². The van der Waals surface area contributed by atoms with Crippen LogP contribution in [0.3, 0.4) is 0 Å². The maximum absolute atomic E-state index is 12.4. The zero-order valence-corrected chi connectivity index (χ0v) is 14.9. The minimum Gasteiger partial charge on any atom is -0.460 e. The van der Waals surface area contributed by atoms with E-state index >= 15 is 0 Å². The van der Waals surface area contributed by atoms with Crippen LogP contribution in [0.1, 0.15) is 20.7 Å². The molecule has 1 heterocycles. The van der Waals surface area contributed by atoms with Crippen molar-refractivity contribution in [3.8, 4) is 0 Å². The zero-order valence-electron chi connectivity index (χ0n) is 12.6. The Labute approximate surface area is 154 Å². The van der Waals surface area contributed by atoms with Gasteiger partial charge in [0, 0.05) is 5.02 Å². The molecule has 0 fully saturated rings. The highest BCUT2D eigenvalue weighted by molar-refractivity contribution is 7.90. The lowest BCUT2D eigenvalue weighted by Gasteiger charge is -2.15. The number of esters is 1. The zero-order chi connectivity index (χ0) is 18.2. The standard InChI is InChI=1S/C16H11Cl2NO5S/c17-10-5-6-11(13(18)9-10)16(21)24-8-7-19-15(20)12-3-1-2-4-14(12)25(19,22)23/h1-6,9H,7-8H2. The van der Waals surface area contributed by atoms with E-state index in [1.54, 1.807) is 6.07 Å². The van der Waals surface area contributed by atoms with Crippen LogP contribution in [0.25, 0.3) is 0 Å². The van der Waals surface area contributed by atoms with Gasteiger partial charge in [-0.2, -0.15) is 0 Å². The number of amides is 1. The van der Waals surface area contributed by atoms with Gasteiger partial charge in [-0.1, -0.05) is 35.3 Å². The van der Waals surface area contributed by atoms with E-state index in [0.717, 1.165) is 0 Å². The highest BCUT2D eigenvalue weighted by Gasteiger charge is 2.40. The van der Waals surface area contributed by atoms with Gasteiger partial charge in [0.1, 0.15) is 11.5 Å². The Morgan fingerprint density at radius 1 is 1.12 bits per heavy atom. The van der Waals surface area contributed by atoms with Crippen LogP contribution < -0.4 is 0 Å². The molecule has 0 atom stereocenters. The third-order valence-electron chi connectivity index (χ3n) is 3.59. The summed E-state index contributed by atoms with van der Waals surface area (Å²) in [5.41, 5.74) is 0.208. The molecule has 0 saturated heterocycles. The summed E-state index contributed by atoms with van der Waals surface area (Å²) in [6.07, 6.45) is 0. The molecule has 3 rings (SSSR count). The molecule has 1 aliphatic heterocycles. The predicted molar refractivity (Wildman–Crippen MR) is 91.4 cm³/mol. The Kier molecular flexibility index (Phi) is 4.73. The van der Waals surface area contributed by atoms with Gasteiger partial charge < -0.3 is 4.74 Å². The van der Waals surface area contributed by atoms with Crippen LogP contribution in [0.15, 0.2) is 47.4 Å². The second-order valence-electron chi connectivity index (χ2n) is 5.14. The maximum Gasteiger partial charge on any atom is 0.339 e. The van der Waals surface area contributed by atoms with E-state index < -0.39 is 21.9 Å². The highest BCUT2D eigenvalue weighted by atomic mass is 35.5. The number of carbonyl (C=O) groups is 2. The molecule has 130 valence electrons. The van der Waals surface area contributed by atoms with Gasteiger partial charge in [0.15, 0.2) is 0 Å². The van der Waals surface area contributed by atoms with Gasteiger partial charge in [-0.15, -0.1) is 0 Å². The fourth-order valence-electron chi connectivity index (χ4n) is 2.41. The van der Waals surface area contributed by atoms with Crippen molar-refractivity contribution < 1.29 is 22.7 Å². The fraction of sp³-hybridized carbons (Fsp3) is 0.125. The smallest absolute Gasteiger partial charge is 0.339 e. The summed E-state index contributed by atoms with van der Waals surface area (Å²) in [5, 5.41) is 0.489. The minimum absolute atomic E-state index is 0.0490. The maximum atomic E-state index is 12.4. The molecule has 9 heteroatoms. The van der Waals surface area contributed by atoms with E-state index in [-0.39, 0.29) is 34.2 Å². The van der Waals surface area contributed by atoms with Gasteiger partial charge in [-0.05, 0) is 30.3 Å². The van der Waals surface area contributed by atoms with Gasteiger partial charge in [0.25, 0.3) is 15.9 Å². The number of rotatable bonds is 4. The van der Waals surface area contributed by atoms with Crippen LogP contribution in [0.4, 0.5) is 0 Å². The molecule has 0 unspecified atom stereocenters. The third-order valence-corrected chi connectivity index (χ3v) is 5.98. The first-order valence-electron chi connectivity index (χ1n) is 7.10. The number of carbonyl (C=O) groups excluding carboxylic acids is 2. The summed E-state index contributed by atoms with van der Waals surface area (Å²) in [4.78, 5) is 24.2. The van der Waals surface area contributed by atoms with Crippen molar-refractivity contribution in [3.63, 3.8) is 0 Å². The Morgan fingerprint density at radius 2 is 1.84 bits per heavy atom. The van der Waals surface area contributed by atoms with Crippen LogP contribution in [0.2, 0.25) is 10.0 Å². The molecule has 2 aromatic carbocycles. The van der Waals surface area contributed by atoms with Crippen molar-refractivity contribution in [1.29, 1.82) is 0 Å². The largest absolute Gasteiger partial charge is 0.460 e. The molecule has 1 aliphatic rings. The fourth-order valence-corrected chi connectivity index (χ4v) is 4.44. The second-order valence-corrected chi connectivity index (χ2v) is 7.81. The minimum atomic E-state index is -3.92. The van der Waals surface area contributed by atoms with Gasteiger partial charge in [0.05, 0.1) is 22.7 Å². The van der Waals surface area contributed by atoms with Gasteiger partial charge in [-0.3, -0.25) is 4.79 Å². The molecule has 0 aromatic heterocycles. The molecular weight excluding hydrogens is 389 g/mol. The van der Waals surface area contributed by atoms with Crippen LogP contribution in [-0.2, 0) is 14.8 Å². The number of hydrogen-bond donors (Lipinski definition) is 0. The predicted octanol–water partition coefficient (Wildman–Crippen LogP) is 2.99. The highest BCUT2D eigenvalue weighted by Crippen LogP contribution is 2.29. The lowest BCUT2D eigenvalue weighted by Crippen LogP contribution is -2.33. The van der Waals surface area contributed by atoms with Gasteiger partial charge in [0.2, 0.25) is 0 Å². The van der Waals surface area contributed by atoms with Crippen LogP contribution in [0, 0.1) is 0 Å². The van der Waals surface area contributed by atoms with Gasteiger partial charge in [-0.25, -0.2) is 17.5 Å². The number of sulfonamides is 1. The molecule has 6 nitrogen and oxygen atoms in total. The summed E-state index contributed by atoms with van der Waals surface area (Å²) in [6.45, 7) is -0.580. The molecule has 25 heavy (non-hydrogen) atoms. The summed E-state index contributed by atoms with van der Waals surface area (Å²) in [5.74, 6) is -1.38. The second kappa shape index (κ2) is 6.67. The van der Waals surface area contributed by atoms with E-state index in [0.29, 0.717) is 9.33 Å².